The van der Waals surface area contributed by atoms with Crippen molar-refractivity contribution in [1.29, 1.82) is 0 Å². The predicted octanol–water partition coefficient (Wildman–Crippen LogP) is 1.47. The molecule has 0 saturated carbocycles. The predicted molar refractivity (Wildman–Crippen MR) is 95.5 cm³/mol. The summed E-state index contributed by atoms with van der Waals surface area (Å²) in [5, 5.41) is 2.73. The number of sulfone groups is 1. The molecular weight excluding hydrogens is 356 g/mol. The Kier molecular flexibility index (Phi) is 5.13. The van der Waals surface area contributed by atoms with Gasteiger partial charge in [0.05, 0.1) is 24.3 Å². The van der Waals surface area contributed by atoms with Crippen molar-refractivity contribution < 1.29 is 22.4 Å². The van der Waals surface area contributed by atoms with E-state index in [1.54, 1.807) is 43.4 Å². The zero-order valence-corrected chi connectivity index (χ0v) is 15.2. The molecule has 2 amide bonds. The van der Waals surface area contributed by atoms with Crippen LogP contribution in [0.1, 0.15) is 32.9 Å². The van der Waals surface area contributed by atoms with Crippen LogP contribution in [-0.2, 0) is 16.4 Å². The zero-order valence-electron chi connectivity index (χ0n) is 14.3. The van der Waals surface area contributed by atoms with Crippen molar-refractivity contribution in [2.75, 3.05) is 18.6 Å². The maximum Gasteiger partial charge on any atom is 0.253 e. The number of amides is 2. The molecule has 7 nitrogen and oxygen atoms in total. The van der Waals surface area contributed by atoms with Crippen LogP contribution in [0.3, 0.4) is 0 Å². The van der Waals surface area contributed by atoms with E-state index in [2.05, 4.69) is 5.32 Å². The lowest BCUT2D eigenvalue weighted by atomic mass is 10.1. The molecule has 3 rings (SSSR count). The van der Waals surface area contributed by atoms with Crippen LogP contribution in [0, 0.1) is 0 Å². The second-order valence-corrected chi connectivity index (χ2v) is 8.54. The molecule has 1 aliphatic heterocycles. The quantitative estimate of drug-likeness (QED) is 0.852. The third-order valence-corrected chi connectivity index (χ3v) is 6.22. The van der Waals surface area contributed by atoms with Crippen LogP contribution in [0.4, 0.5) is 0 Å². The van der Waals surface area contributed by atoms with Gasteiger partial charge in [-0.3, -0.25) is 9.59 Å². The summed E-state index contributed by atoms with van der Waals surface area (Å²) in [5.74, 6) is 0.246. The molecule has 2 aromatic rings. The van der Waals surface area contributed by atoms with Gasteiger partial charge in [-0.1, -0.05) is 0 Å². The molecule has 1 aromatic carbocycles. The van der Waals surface area contributed by atoms with Crippen molar-refractivity contribution >= 4 is 21.7 Å². The number of benzene rings is 1. The summed E-state index contributed by atoms with van der Waals surface area (Å²) in [7, 11) is -1.44. The van der Waals surface area contributed by atoms with Gasteiger partial charge in [-0.05, 0) is 42.8 Å². The molecule has 2 heterocycles. The van der Waals surface area contributed by atoms with Gasteiger partial charge in [0.1, 0.15) is 5.76 Å². The first-order valence-electron chi connectivity index (χ1n) is 8.24. The molecule has 1 unspecified atom stereocenters. The van der Waals surface area contributed by atoms with Crippen LogP contribution in [0.5, 0.6) is 0 Å². The molecule has 26 heavy (non-hydrogen) atoms. The summed E-state index contributed by atoms with van der Waals surface area (Å²) in [4.78, 5) is 26.1. The van der Waals surface area contributed by atoms with Gasteiger partial charge in [-0.15, -0.1) is 0 Å². The summed E-state index contributed by atoms with van der Waals surface area (Å²) < 4.78 is 28.3. The van der Waals surface area contributed by atoms with Gasteiger partial charge in [0.15, 0.2) is 9.84 Å². The molecule has 138 valence electrons. The molecule has 1 fully saturated rings. The van der Waals surface area contributed by atoms with E-state index in [0.717, 1.165) is 0 Å². The molecule has 0 bridgehead atoms. The number of nitrogens with zero attached hydrogens (tertiary/aromatic N) is 1. The summed E-state index contributed by atoms with van der Waals surface area (Å²) in [6.45, 7) is 0.283. The Balaban J connectivity index is 1.61. The summed E-state index contributed by atoms with van der Waals surface area (Å²) in [6, 6.07) is 9.50. The molecule has 1 aromatic heterocycles. The number of hydrogen-bond donors (Lipinski definition) is 1. The summed E-state index contributed by atoms with van der Waals surface area (Å²) in [6.07, 6.45) is 1.99. The molecule has 0 spiro atoms. The minimum Gasteiger partial charge on any atom is -0.467 e. The number of carbonyl (C=O) groups excluding carboxylic acids is 2. The third-order valence-electron chi connectivity index (χ3n) is 4.47. The van der Waals surface area contributed by atoms with Crippen molar-refractivity contribution in [2.45, 2.75) is 19.0 Å². The van der Waals surface area contributed by atoms with Gasteiger partial charge in [-0.25, -0.2) is 8.42 Å². The second-order valence-electron chi connectivity index (χ2n) is 6.31. The Labute approximate surface area is 151 Å². The van der Waals surface area contributed by atoms with Crippen molar-refractivity contribution in [3.63, 3.8) is 0 Å². The number of furan rings is 1. The number of nitrogens with one attached hydrogen (secondary N) is 1. The Hall–Kier alpha value is -2.61. The Morgan fingerprint density at radius 1 is 1.19 bits per heavy atom. The minimum absolute atomic E-state index is 0.00249. The lowest BCUT2D eigenvalue weighted by Gasteiger charge is -2.23. The van der Waals surface area contributed by atoms with Crippen LogP contribution in [-0.4, -0.2) is 49.7 Å². The average molecular weight is 376 g/mol. The summed E-state index contributed by atoms with van der Waals surface area (Å²) in [5.41, 5.74) is 0.846. The number of rotatable bonds is 5. The first kappa shape index (κ1) is 18.2. The highest BCUT2D eigenvalue weighted by molar-refractivity contribution is 7.91. The minimum atomic E-state index is -3.05. The fourth-order valence-corrected chi connectivity index (χ4v) is 4.67. The van der Waals surface area contributed by atoms with E-state index in [1.807, 2.05) is 0 Å². The molecular formula is C18H20N2O5S. The van der Waals surface area contributed by atoms with Crippen LogP contribution in [0.15, 0.2) is 47.1 Å². The van der Waals surface area contributed by atoms with Crippen molar-refractivity contribution in [3.8, 4) is 0 Å². The van der Waals surface area contributed by atoms with Crippen LogP contribution < -0.4 is 5.32 Å². The van der Waals surface area contributed by atoms with Crippen molar-refractivity contribution in [3.05, 3.63) is 59.5 Å². The van der Waals surface area contributed by atoms with E-state index < -0.39 is 9.84 Å². The standard InChI is InChI=1S/C18H20N2O5S/c1-20(15-8-10-26(23,24)12-15)18(22)14-6-4-13(5-7-14)17(21)19-11-16-3-2-9-25-16/h2-7,9,15H,8,10-12H2,1H3,(H,19,21). The lowest BCUT2D eigenvalue weighted by Crippen LogP contribution is -2.37. The molecule has 1 aliphatic rings. The van der Waals surface area contributed by atoms with Gasteiger partial charge >= 0.3 is 0 Å². The summed E-state index contributed by atoms with van der Waals surface area (Å²) >= 11 is 0. The normalized spacial score (nSPS) is 18.4. The Morgan fingerprint density at radius 2 is 1.88 bits per heavy atom. The van der Waals surface area contributed by atoms with E-state index in [1.165, 1.54) is 11.2 Å². The Morgan fingerprint density at radius 3 is 2.46 bits per heavy atom. The maximum atomic E-state index is 12.5. The number of carbonyl (C=O) groups is 2. The molecule has 1 atom stereocenters. The molecule has 8 heteroatoms. The highest BCUT2D eigenvalue weighted by Gasteiger charge is 2.33. The van der Waals surface area contributed by atoms with Gasteiger partial charge in [0, 0.05) is 24.2 Å². The van der Waals surface area contributed by atoms with E-state index in [9.17, 15) is 18.0 Å². The van der Waals surface area contributed by atoms with E-state index in [0.29, 0.717) is 23.3 Å². The number of hydrogen-bond acceptors (Lipinski definition) is 5. The van der Waals surface area contributed by atoms with Gasteiger partial charge < -0.3 is 14.6 Å². The van der Waals surface area contributed by atoms with Gasteiger partial charge in [-0.2, -0.15) is 0 Å². The largest absolute Gasteiger partial charge is 0.467 e. The van der Waals surface area contributed by atoms with Crippen LogP contribution in [0.2, 0.25) is 0 Å². The van der Waals surface area contributed by atoms with Gasteiger partial charge in [0.25, 0.3) is 11.8 Å². The zero-order chi connectivity index (χ0) is 18.7. The molecule has 1 N–H and O–H groups in total. The van der Waals surface area contributed by atoms with E-state index in [-0.39, 0.29) is 35.9 Å². The first-order valence-corrected chi connectivity index (χ1v) is 10.1. The van der Waals surface area contributed by atoms with Crippen molar-refractivity contribution in [2.24, 2.45) is 0 Å². The maximum absolute atomic E-state index is 12.5. The fourth-order valence-electron chi connectivity index (χ4n) is 2.90. The molecule has 1 saturated heterocycles. The highest BCUT2D eigenvalue weighted by Crippen LogP contribution is 2.18. The SMILES string of the molecule is CN(C(=O)c1ccc(C(=O)NCc2ccco2)cc1)C1CCS(=O)(=O)C1. The Bertz CT molecular complexity index is 888. The molecule has 0 radical (unpaired) electrons. The van der Waals surface area contributed by atoms with Crippen LogP contribution >= 0.6 is 0 Å². The topological polar surface area (TPSA) is 96.7 Å². The average Bonchev–Trinajstić information content (AvgIpc) is 3.27. The third kappa shape index (κ3) is 4.13. The van der Waals surface area contributed by atoms with Crippen molar-refractivity contribution in [1.82, 2.24) is 10.2 Å². The smallest absolute Gasteiger partial charge is 0.253 e. The van der Waals surface area contributed by atoms with E-state index in [4.69, 9.17) is 4.42 Å². The van der Waals surface area contributed by atoms with Gasteiger partial charge in [0.2, 0.25) is 0 Å². The molecule has 0 aliphatic carbocycles. The van der Waals surface area contributed by atoms with E-state index >= 15 is 0 Å². The fraction of sp³-hybridized carbons (Fsp3) is 0.333. The van der Waals surface area contributed by atoms with Crippen LogP contribution in [0.25, 0.3) is 0 Å². The monoisotopic (exact) mass is 376 g/mol. The highest BCUT2D eigenvalue weighted by atomic mass is 32.2. The lowest BCUT2D eigenvalue weighted by molar-refractivity contribution is 0.0747. The second kappa shape index (κ2) is 7.33. The first-order chi connectivity index (χ1) is 12.4.